The van der Waals surface area contributed by atoms with Gasteiger partial charge >= 0.3 is 6.18 Å². The molecule has 1 saturated heterocycles. The van der Waals surface area contributed by atoms with E-state index in [1.54, 1.807) is 30.3 Å². The highest BCUT2D eigenvalue weighted by atomic mass is 19.4. The van der Waals surface area contributed by atoms with Crippen LogP contribution in [0.2, 0.25) is 0 Å². The Hall–Kier alpha value is -4.25. The van der Waals surface area contributed by atoms with Gasteiger partial charge < -0.3 is 19.9 Å². The molecule has 11 heteroatoms. The van der Waals surface area contributed by atoms with Gasteiger partial charge in [0.25, 0.3) is 5.91 Å². The van der Waals surface area contributed by atoms with Gasteiger partial charge in [0.05, 0.1) is 18.8 Å². The Bertz CT molecular complexity index is 1310. The van der Waals surface area contributed by atoms with Gasteiger partial charge in [-0.15, -0.1) is 0 Å². The quantitative estimate of drug-likeness (QED) is 0.498. The molecule has 2 amide bonds. The molecule has 1 N–H and O–H groups in total. The lowest BCUT2D eigenvalue weighted by Gasteiger charge is -2.27. The first-order valence-corrected chi connectivity index (χ1v) is 11.4. The van der Waals surface area contributed by atoms with Gasteiger partial charge in [0.1, 0.15) is 18.0 Å². The summed E-state index contributed by atoms with van der Waals surface area (Å²) in [6.07, 6.45) is -0.307. The zero-order valence-electron chi connectivity index (χ0n) is 19.9. The SMILES string of the molecule is CN(C(=O)c1cccc(C=CC(=O)Nc2cc(N3CCOCC3)ncn2)c1)c1cccc(C(F)(F)F)c1. The Labute approximate surface area is 211 Å². The monoisotopic (exact) mass is 511 g/mol. The Morgan fingerprint density at radius 3 is 2.57 bits per heavy atom. The smallest absolute Gasteiger partial charge is 0.378 e. The van der Waals surface area contributed by atoms with Crippen LogP contribution in [-0.4, -0.2) is 55.1 Å². The van der Waals surface area contributed by atoms with Gasteiger partial charge in [-0.25, -0.2) is 9.97 Å². The number of aromatic nitrogens is 2. The van der Waals surface area contributed by atoms with Crippen LogP contribution in [0, 0.1) is 0 Å². The highest BCUT2D eigenvalue weighted by Crippen LogP contribution is 2.31. The number of morpholine rings is 1. The molecule has 0 radical (unpaired) electrons. The molecule has 4 rings (SSSR count). The minimum Gasteiger partial charge on any atom is -0.378 e. The lowest BCUT2D eigenvalue weighted by molar-refractivity contribution is -0.137. The van der Waals surface area contributed by atoms with Crippen molar-refractivity contribution in [3.8, 4) is 0 Å². The Morgan fingerprint density at radius 2 is 1.81 bits per heavy atom. The minimum absolute atomic E-state index is 0.112. The number of carbonyl (C=O) groups is 2. The normalized spacial score (nSPS) is 14.0. The van der Waals surface area contributed by atoms with Crippen molar-refractivity contribution in [1.82, 2.24) is 9.97 Å². The number of nitrogens with zero attached hydrogens (tertiary/aromatic N) is 4. The van der Waals surface area contributed by atoms with E-state index in [9.17, 15) is 22.8 Å². The highest BCUT2D eigenvalue weighted by Gasteiger charge is 2.31. The predicted octanol–water partition coefficient (Wildman–Crippen LogP) is 4.26. The molecule has 2 heterocycles. The topological polar surface area (TPSA) is 87.7 Å². The van der Waals surface area contributed by atoms with Crippen molar-refractivity contribution in [2.45, 2.75) is 6.18 Å². The van der Waals surface area contributed by atoms with E-state index in [-0.39, 0.29) is 11.3 Å². The fourth-order valence-electron chi connectivity index (χ4n) is 3.70. The van der Waals surface area contributed by atoms with E-state index in [4.69, 9.17) is 4.74 Å². The molecular weight excluding hydrogens is 487 g/mol. The molecule has 1 fully saturated rings. The average molecular weight is 512 g/mol. The number of halogens is 3. The molecule has 3 aromatic rings. The van der Waals surface area contributed by atoms with Crippen LogP contribution in [0.1, 0.15) is 21.5 Å². The lowest BCUT2D eigenvalue weighted by atomic mass is 10.1. The number of hydrogen-bond acceptors (Lipinski definition) is 6. The van der Waals surface area contributed by atoms with E-state index in [0.29, 0.717) is 43.5 Å². The van der Waals surface area contributed by atoms with Gasteiger partial charge in [0.15, 0.2) is 0 Å². The van der Waals surface area contributed by atoms with Crippen molar-refractivity contribution < 1.29 is 27.5 Å². The Balaban J connectivity index is 1.42. The first kappa shape index (κ1) is 25.8. The van der Waals surface area contributed by atoms with E-state index in [1.807, 2.05) is 4.90 Å². The van der Waals surface area contributed by atoms with Crippen molar-refractivity contribution in [1.29, 1.82) is 0 Å². The van der Waals surface area contributed by atoms with E-state index >= 15 is 0 Å². The zero-order valence-corrected chi connectivity index (χ0v) is 19.9. The van der Waals surface area contributed by atoms with Gasteiger partial charge in [-0.05, 0) is 42.0 Å². The van der Waals surface area contributed by atoms with Crippen LogP contribution in [0.25, 0.3) is 6.08 Å². The molecule has 0 spiro atoms. The third-order valence-corrected chi connectivity index (χ3v) is 5.67. The summed E-state index contributed by atoms with van der Waals surface area (Å²) in [7, 11) is 1.40. The molecule has 0 bridgehead atoms. The predicted molar refractivity (Wildman–Crippen MR) is 133 cm³/mol. The van der Waals surface area contributed by atoms with E-state index in [2.05, 4.69) is 15.3 Å². The van der Waals surface area contributed by atoms with Crippen molar-refractivity contribution in [3.63, 3.8) is 0 Å². The van der Waals surface area contributed by atoms with E-state index in [0.717, 1.165) is 17.0 Å². The summed E-state index contributed by atoms with van der Waals surface area (Å²) in [5.74, 6) is 0.117. The van der Waals surface area contributed by atoms with Crippen molar-refractivity contribution in [2.24, 2.45) is 0 Å². The van der Waals surface area contributed by atoms with E-state index in [1.165, 1.54) is 37.7 Å². The number of carbonyl (C=O) groups excluding carboxylic acids is 2. The molecule has 0 atom stereocenters. The lowest BCUT2D eigenvalue weighted by Crippen LogP contribution is -2.36. The molecule has 192 valence electrons. The molecule has 1 aliphatic rings. The fraction of sp³-hybridized carbons (Fsp3) is 0.231. The van der Waals surface area contributed by atoms with Gasteiger partial charge in [-0.2, -0.15) is 13.2 Å². The van der Waals surface area contributed by atoms with Crippen LogP contribution >= 0.6 is 0 Å². The van der Waals surface area contributed by atoms with Gasteiger partial charge in [0.2, 0.25) is 5.91 Å². The van der Waals surface area contributed by atoms with Crippen LogP contribution < -0.4 is 15.1 Å². The number of benzene rings is 2. The maximum atomic E-state index is 13.0. The third-order valence-electron chi connectivity index (χ3n) is 5.67. The van der Waals surface area contributed by atoms with E-state index < -0.39 is 23.6 Å². The van der Waals surface area contributed by atoms with Crippen LogP contribution in [0.5, 0.6) is 0 Å². The minimum atomic E-state index is -4.51. The molecule has 0 unspecified atom stereocenters. The summed E-state index contributed by atoms with van der Waals surface area (Å²) in [6, 6.07) is 12.7. The highest BCUT2D eigenvalue weighted by molar-refractivity contribution is 6.06. The summed E-state index contributed by atoms with van der Waals surface area (Å²) < 4.78 is 44.5. The number of ether oxygens (including phenoxy) is 1. The third kappa shape index (κ3) is 6.70. The second-order valence-corrected chi connectivity index (χ2v) is 8.22. The van der Waals surface area contributed by atoms with Crippen molar-refractivity contribution in [3.05, 3.63) is 83.7 Å². The summed E-state index contributed by atoms with van der Waals surface area (Å²) in [5.41, 5.74) is 0.0955. The second kappa shape index (κ2) is 11.2. The summed E-state index contributed by atoms with van der Waals surface area (Å²) in [5, 5.41) is 2.68. The molecule has 37 heavy (non-hydrogen) atoms. The molecule has 8 nitrogen and oxygen atoms in total. The number of hydrogen-bond donors (Lipinski definition) is 1. The average Bonchev–Trinajstić information content (AvgIpc) is 2.91. The molecule has 1 aromatic heterocycles. The van der Waals surface area contributed by atoms with Crippen LogP contribution in [0.4, 0.5) is 30.5 Å². The second-order valence-electron chi connectivity index (χ2n) is 8.22. The van der Waals surface area contributed by atoms with Crippen molar-refractivity contribution in [2.75, 3.05) is 48.5 Å². The van der Waals surface area contributed by atoms with Crippen molar-refractivity contribution >= 4 is 35.2 Å². The van der Waals surface area contributed by atoms with Gasteiger partial charge in [-0.1, -0.05) is 18.2 Å². The largest absolute Gasteiger partial charge is 0.416 e. The zero-order chi connectivity index (χ0) is 26.4. The molecule has 2 aromatic carbocycles. The van der Waals surface area contributed by atoms with Crippen LogP contribution in [0.15, 0.2) is 67.0 Å². The Kier molecular flexibility index (Phi) is 7.83. The molecule has 1 aliphatic heterocycles. The number of rotatable bonds is 6. The van der Waals surface area contributed by atoms with Gasteiger partial charge in [-0.3, -0.25) is 9.59 Å². The first-order chi connectivity index (χ1) is 17.7. The van der Waals surface area contributed by atoms with Crippen LogP contribution in [-0.2, 0) is 15.7 Å². The molecule has 0 saturated carbocycles. The number of anilines is 3. The first-order valence-electron chi connectivity index (χ1n) is 11.4. The van der Waals surface area contributed by atoms with Gasteiger partial charge in [0, 0.05) is 43.5 Å². The Morgan fingerprint density at radius 1 is 1.05 bits per heavy atom. The maximum absolute atomic E-state index is 13.0. The summed E-state index contributed by atoms with van der Waals surface area (Å²) in [4.78, 5) is 36.9. The summed E-state index contributed by atoms with van der Waals surface area (Å²) >= 11 is 0. The number of nitrogens with one attached hydrogen (secondary N) is 1. The standard InChI is InChI=1S/C26H24F3N5O3/c1-33(21-7-3-6-20(15-21)26(27,28)29)25(36)19-5-2-4-18(14-19)8-9-24(35)32-22-16-23(31-17-30-22)34-10-12-37-13-11-34/h2-9,14-17H,10-13H2,1H3,(H,30,31,32,35). The molecular formula is C26H24F3N5O3. The fourth-order valence-corrected chi connectivity index (χ4v) is 3.70. The maximum Gasteiger partial charge on any atom is 0.416 e. The number of amides is 2. The molecule has 0 aliphatic carbocycles. The summed E-state index contributed by atoms with van der Waals surface area (Å²) in [6.45, 7) is 2.60. The van der Waals surface area contributed by atoms with Crippen LogP contribution in [0.3, 0.4) is 0 Å². The number of alkyl halides is 3.